The number of H-pyrrole nitrogens is 1. The van der Waals surface area contributed by atoms with E-state index in [4.69, 9.17) is 15.8 Å². The number of nitrogens with two attached hydrogens (primary N) is 1. The molecule has 0 aliphatic heterocycles. The molecule has 0 saturated carbocycles. The van der Waals surface area contributed by atoms with Gasteiger partial charge in [0.1, 0.15) is 11.7 Å². The van der Waals surface area contributed by atoms with Gasteiger partial charge in [-0.2, -0.15) is 0 Å². The van der Waals surface area contributed by atoms with Crippen molar-refractivity contribution in [3.05, 3.63) is 64.6 Å². The minimum atomic E-state index is -0.990. The van der Waals surface area contributed by atoms with Gasteiger partial charge in [-0.1, -0.05) is 37.3 Å². The molecule has 0 spiro atoms. The summed E-state index contributed by atoms with van der Waals surface area (Å²) in [6.07, 6.45) is 1.72. The molecule has 4 aromatic rings. The Kier molecular flexibility index (Phi) is 5.37. The number of aryl methyl sites for hydroxylation is 1. The molecule has 30 heavy (non-hydrogen) atoms. The molecule has 1 atom stereocenters. The predicted octanol–water partition coefficient (Wildman–Crippen LogP) is 3.30. The molecule has 0 saturated heterocycles. The number of aliphatic carboxylic acids is 1. The van der Waals surface area contributed by atoms with Gasteiger partial charge in [0.05, 0.1) is 11.0 Å². The van der Waals surface area contributed by atoms with E-state index in [1.165, 1.54) is 0 Å². The molecule has 7 nitrogen and oxygen atoms in total. The number of aromatic amines is 1. The molecule has 0 aliphatic rings. The maximum Gasteiger partial charge on any atom is 0.320 e. The van der Waals surface area contributed by atoms with Crippen LogP contribution in [0.4, 0.5) is 0 Å². The maximum absolute atomic E-state index is 12.9. The second-order valence-electron chi connectivity index (χ2n) is 7.36. The third-order valence-electron chi connectivity index (χ3n) is 5.46. The minimum absolute atomic E-state index is 0.223. The molecular formula is C23H24N4O3. The van der Waals surface area contributed by atoms with Gasteiger partial charge in [0, 0.05) is 28.7 Å². The summed E-state index contributed by atoms with van der Waals surface area (Å²) < 4.78 is 2.16. The largest absolute Gasteiger partial charge is 0.480 e. The third-order valence-corrected chi connectivity index (χ3v) is 5.46. The van der Waals surface area contributed by atoms with Crippen molar-refractivity contribution in [2.75, 3.05) is 0 Å². The van der Waals surface area contributed by atoms with Crippen molar-refractivity contribution in [1.82, 2.24) is 14.5 Å². The second kappa shape index (κ2) is 8.12. The Balaban J connectivity index is 1.86. The quantitative estimate of drug-likeness (QED) is 0.437. The van der Waals surface area contributed by atoms with E-state index in [9.17, 15) is 9.59 Å². The van der Waals surface area contributed by atoms with Gasteiger partial charge in [-0.15, -0.1) is 0 Å². The molecule has 154 valence electrons. The Morgan fingerprint density at radius 3 is 2.70 bits per heavy atom. The highest BCUT2D eigenvalue weighted by Gasteiger charge is 2.21. The average molecular weight is 404 g/mol. The van der Waals surface area contributed by atoms with Gasteiger partial charge in [0.2, 0.25) is 0 Å². The number of carboxylic acids is 1. The summed E-state index contributed by atoms with van der Waals surface area (Å²) in [5.41, 5.74) is 10.1. The van der Waals surface area contributed by atoms with Crippen LogP contribution in [0, 0.1) is 0 Å². The van der Waals surface area contributed by atoms with Gasteiger partial charge in [0.15, 0.2) is 0 Å². The van der Waals surface area contributed by atoms with Crippen LogP contribution in [0.5, 0.6) is 0 Å². The normalized spacial score (nSPS) is 12.5. The molecule has 7 heteroatoms. The monoisotopic (exact) mass is 404 g/mol. The van der Waals surface area contributed by atoms with Crippen LogP contribution in [0.2, 0.25) is 0 Å². The first-order valence-electron chi connectivity index (χ1n) is 10.1. The molecule has 2 heterocycles. The number of carboxylic acid groups (broad SMARTS) is 1. The highest BCUT2D eigenvalue weighted by Crippen LogP contribution is 2.33. The summed E-state index contributed by atoms with van der Waals surface area (Å²) in [5, 5.41) is 10.0. The molecule has 1 unspecified atom stereocenters. The van der Waals surface area contributed by atoms with Gasteiger partial charge >= 0.3 is 5.97 Å². The first-order valence-corrected chi connectivity index (χ1v) is 10.1. The Morgan fingerprint density at radius 2 is 1.93 bits per heavy atom. The molecular weight excluding hydrogens is 380 g/mol. The highest BCUT2D eigenvalue weighted by atomic mass is 16.4. The van der Waals surface area contributed by atoms with Crippen molar-refractivity contribution in [2.24, 2.45) is 5.73 Å². The number of benzene rings is 2. The summed E-state index contributed by atoms with van der Waals surface area (Å²) in [6, 6.07) is 14.5. The van der Waals surface area contributed by atoms with E-state index in [0.717, 1.165) is 27.7 Å². The first-order chi connectivity index (χ1) is 14.5. The van der Waals surface area contributed by atoms with Gasteiger partial charge in [-0.25, -0.2) is 4.98 Å². The molecule has 0 bridgehead atoms. The lowest BCUT2D eigenvalue weighted by atomic mass is 10.1. The number of aromatic nitrogens is 3. The minimum Gasteiger partial charge on any atom is -0.480 e. The van der Waals surface area contributed by atoms with E-state index in [2.05, 4.69) is 9.55 Å². The Morgan fingerprint density at radius 1 is 1.20 bits per heavy atom. The van der Waals surface area contributed by atoms with Crippen molar-refractivity contribution in [2.45, 2.75) is 38.8 Å². The van der Waals surface area contributed by atoms with Crippen LogP contribution in [0.25, 0.3) is 33.2 Å². The highest BCUT2D eigenvalue weighted by molar-refractivity contribution is 5.98. The van der Waals surface area contributed by atoms with E-state index in [0.29, 0.717) is 37.0 Å². The number of fused-ring (bicyclic) bond motifs is 2. The fourth-order valence-corrected chi connectivity index (χ4v) is 4.04. The van der Waals surface area contributed by atoms with Crippen LogP contribution < -0.4 is 11.3 Å². The summed E-state index contributed by atoms with van der Waals surface area (Å²) in [5.74, 6) is -0.990. The molecule has 0 amide bonds. The molecule has 2 aromatic carbocycles. The second-order valence-corrected chi connectivity index (χ2v) is 7.36. The zero-order valence-corrected chi connectivity index (χ0v) is 16.8. The van der Waals surface area contributed by atoms with Crippen LogP contribution in [0.3, 0.4) is 0 Å². The molecule has 2 aromatic heterocycles. The van der Waals surface area contributed by atoms with Gasteiger partial charge in [0.25, 0.3) is 5.56 Å². The van der Waals surface area contributed by atoms with E-state index >= 15 is 0 Å². The Hall–Kier alpha value is -3.45. The maximum atomic E-state index is 12.9. The molecule has 0 radical (unpaired) electrons. The molecule has 0 aliphatic carbocycles. The number of hydrogen-bond donors (Lipinski definition) is 3. The molecule has 4 N–H and O–H groups in total. The zero-order chi connectivity index (χ0) is 21.3. The number of carbonyl (C=O) groups is 1. The number of nitrogens with one attached hydrogen (secondary N) is 1. The smallest absolute Gasteiger partial charge is 0.320 e. The van der Waals surface area contributed by atoms with E-state index in [-0.39, 0.29) is 5.56 Å². The molecule has 4 rings (SSSR count). The Labute approximate surface area is 173 Å². The average Bonchev–Trinajstić information content (AvgIpc) is 3.06. The van der Waals surface area contributed by atoms with Crippen LogP contribution in [0.15, 0.2) is 53.3 Å². The van der Waals surface area contributed by atoms with Crippen molar-refractivity contribution in [1.29, 1.82) is 0 Å². The van der Waals surface area contributed by atoms with E-state index in [1.807, 2.05) is 55.5 Å². The third kappa shape index (κ3) is 3.48. The number of para-hydroxylation sites is 3. The van der Waals surface area contributed by atoms with Crippen molar-refractivity contribution >= 4 is 27.9 Å². The number of nitrogens with zero attached hydrogens (tertiary/aromatic N) is 2. The lowest BCUT2D eigenvalue weighted by Crippen LogP contribution is -2.30. The van der Waals surface area contributed by atoms with E-state index < -0.39 is 12.0 Å². The van der Waals surface area contributed by atoms with Crippen molar-refractivity contribution < 1.29 is 9.90 Å². The summed E-state index contributed by atoms with van der Waals surface area (Å²) in [7, 11) is 0. The first kappa shape index (κ1) is 19.8. The Bertz CT molecular complexity index is 1290. The van der Waals surface area contributed by atoms with Gasteiger partial charge < -0.3 is 20.4 Å². The summed E-state index contributed by atoms with van der Waals surface area (Å²) in [4.78, 5) is 31.6. The number of hydrogen-bond acceptors (Lipinski definition) is 4. The zero-order valence-electron chi connectivity index (χ0n) is 16.8. The topological polar surface area (TPSA) is 114 Å². The van der Waals surface area contributed by atoms with Crippen molar-refractivity contribution in [3.8, 4) is 11.3 Å². The van der Waals surface area contributed by atoms with Crippen LogP contribution in [-0.2, 0) is 17.8 Å². The fraction of sp³-hybridized carbons (Fsp3) is 0.261. The van der Waals surface area contributed by atoms with Crippen LogP contribution >= 0.6 is 0 Å². The summed E-state index contributed by atoms with van der Waals surface area (Å²) >= 11 is 0. The molecule has 0 fully saturated rings. The standard InChI is InChI=1S/C23H24N4O3/c1-2-18-20(21-22(28)26-17-11-5-4-10-16(17)25-21)14-8-3-6-12-19(14)27(18)13-7-9-15(24)23(29)30/h3-6,8,10-12,15H,2,7,9,13,24H2,1H3,(H,26,28)(H,29,30). The van der Waals surface area contributed by atoms with Crippen LogP contribution in [-0.4, -0.2) is 31.7 Å². The lowest BCUT2D eigenvalue weighted by molar-refractivity contribution is -0.138. The van der Waals surface area contributed by atoms with Crippen LogP contribution in [0.1, 0.15) is 25.5 Å². The predicted molar refractivity (Wildman–Crippen MR) is 118 cm³/mol. The van der Waals surface area contributed by atoms with Crippen molar-refractivity contribution in [3.63, 3.8) is 0 Å². The lowest BCUT2D eigenvalue weighted by Gasteiger charge is -2.12. The van der Waals surface area contributed by atoms with Gasteiger partial charge in [-0.3, -0.25) is 9.59 Å². The van der Waals surface area contributed by atoms with E-state index in [1.54, 1.807) is 0 Å². The fourth-order valence-electron chi connectivity index (χ4n) is 4.04. The SMILES string of the molecule is CCc1c(-c2nc3ccccc3[nH]c2=O)c2ccccc2n1CCCC(N)C(=O)O. The summed E-state index contributed by atoms with van der Waals surface area (Å²) in [6.45, 7) is 2.67. The van der Waals surface area contributed by atoms with Gasteiger partial charge in [-0.05, 0) is 37.5 Å². The number of rotatable bonds is 7.